The summed E-state index contributed by atoms with van der Waals surface area (Å²) >= 11 is 2.45. The molecule has 1 heterocycles. The van der Waals surface area contributed by atoms with Crippen LogP contribution in [0.15, 0.2) is 0 Å². The Morgan fingerprint density at radius 3 is 2.35 bits per heavy atom. The van der Waals surface area contributed by atoms with Crippen molar-refractivity contribution in [3.63, 3.8) is 0 Å². The van der Waals surface area contributed by atoms with Gasteiger partial charge in [-0.05, 0) is 37.7 Å². The first kappa shape index (κ1) is 18.2. The van der Waals surface area contributed by atoms with E-state index in [0.29, 0.717) is 18.0 Å². The molecule has 4 heteroatoms. The van der Waals surface area contributed by atoms with Crippen LogP contribution in [0.1, 0.15) is 53.4 Å². The molecule has 1 rings (SSSR count). The molecule has 0 aromatic heterocycles. The lowest BCUT2D eigenvalue weighted by Crippen LogP contribution is -2.58. The van der Waals surface area contributed by atoms with Gasteiger partial charge in [0.2, 0.25) is 5.91 Å². The fourth-order valence-corrected chi connectivity index (χ4v) is 3.45. The molecule has 20 heavy (non-hydrogen) atoms. The maximum Gasteiger partial charge on any atom is 0.225 e. The number of amides is 1. The number of hydrogen-bond donors (Lipinski definition) is 0. The Hall–Kier alpha value is 0.160. The topological polar surface area (TPSA) is 23.6 Å². The molecule has 0 aromatic rings. The van der Waals surface area contributed by atoms with Gasteiger partial charge >= 0.3 is 0 Å². The smallest absolute Gasteiger partial charge is 0.225 e. The van der Waals surface area contributed by atoms with E-state index in [1.807, 2.05) is 13.8 Å². The summed E-state index contributed by atoms with van der Waals surface area (Å²) in [5, 5.41) is 0. The number of piperazine rings is 1. The molecule has 1 aliphatic rings. The Morgan fingerprint density at radius 1 is 1.10 bits per heavy atom. The zero-order valence-electron chi connectivity index (χ0n) is 13.6. The molecule has 0 saturated carbocycles. The Morgan fingerprint density at radius 2 is 1.75 bits per heavy atom. The van der Waals surface area contributed by atoms with Crippen molar-refractivity contribution in [1.82, 2.24) is 9.80 Å². The van der Waals surface area contributed by atoms with Gasteiger partial charge in [-0.25, -0.2) is 0 Å². The summed E-state index contributed by atoms with van der Waals surface area (Å²) in [5.41, 5.74) is 0. The van der Waals surface area contributed by atoms with Crippen LogP contribution in [0.4, 0.5) is 0 Å². The summed E-state index contributed by atoms with van der Waals surface area (Å²) in [5.74, 6) is 0.426. The van der Waals surface area contributed by atoms with Gasteiger partial charge in [0.15, 0.2) is 0 Å². The van der Waals surface area contributed by atoms with Gasteiger partial charge in [-0.3, -0.25) is 9.69 Å². The molecule has 0 N–H and O–H groups in total. The van der Waals surface area contributed by atoms with Gasteiger partial charge < -0.3 is 4.90 Å². The third-order valence-corrected chi connectivity index (χ3v) is 4.98. The molecule has 1 aliphatic heterocycles. The molecular formula is C16H31IN2O. The van der Waals surface area contributed by atoms with Crippen LogP contribution in [0.3, 0.4) is 0 Å². The minimum absolute atomic E-state index is 0.115. The fourth-order valence-electron chi connectivity index (χ4n) is 2.91. The van der Waals surface area contributed by atoms with Crippen molar-refractivity contribution < 1.29 is 4.79 Å². The average Bonchev–Trinajstić information content (AvgIpc) is 2.41. The number of carbonyl (C=O) groups excluding carboxylic acids is 1. The molecule has 0 bridgehead atoms. The first-order valence-corrected chi connectivity index (χ1v) is 9.60. The minimum atomic E-state index is 0.115. The van der Waals surface area contributed by atoms with E-state index in [1.165, 1.54) is 36.7 Å². The molecule has 1 amide bonds. The quantitative estimate of drug-likeness (QED) is 0.375. The molecular weight excluding hydrogens is 363 g/mol. The van der Waals surface area contributed by atoms with Crippen molar-refractivity contribution in [1.29, 1.82) is 0 Å². The van der Waals surface area contributed by atoms with Crippen molar-refractivity contribution in [2.45, 2.75) is 65.5 Å². The van der Waals surface area contributed by atoms with Gasteiger partial charge in [-0.2, -0.15) is 0 Å². The SMILES string of the molecule is CC(C)C(=O)N1CC(C)N(CCCCCCI)CC1C. The molecule has 2 atom stereocenters. The lowest BCUT2D eigenvalue weighted by molar-refractivity contribution is -0.140. The highest BCUT2D eigenvalue weighted by Gasteiger charge is 2.32. The summed E-state index contributed by atoms with van der Waals surface area (Å²) in [6, 6.07) is 0.855. The highest BCUT2D eigenvalue weighted by atomic mass is 127. The molecule has 118 valence electrons. The normalized spacial score (nSPS) is 24.4. The highest BCUT2D eigenvalue weighted by molar-refractivity contribution is 14.1. The summed E-state index contributed by atoms with van der Waals surface area (Å²) in [4.78, 5) is 16.9. The Balaban J connectivity index is 2.38. The van der Waals surface area contributed by atoms with Gasteiger partial charge in [0.05, 0.1) is 0 Å². The number of alkyl halides is 1. The van der Waals surface area contributed by atoms with Crippen LogP contribution in [0.25, 0.3) is 0 Å². The van der Waals surface area contributed by atoms with Crippen LogP contribution in [-0.4, -0.2) is 51.9 Å². The first-order chi connectivity index (χ1) is 9.47. The Kier molecular flexibility index (Phi) is 8.41. The molecule has 1 saturated heterocycles. The molecule has 2 unspecified atom stereocenters. The number of unbranched alkanes of at least 4 members (excludes halogenated alkanes) is 3. The fraction of sp³-hybridized carbons (Fsp3) is 0.938. The predicted octanol–water partition coefficient (Wildman–Crippen LogP) is 3.56. The van der Waals surface area contributed by atoms with Gasteiger partial charge in [0, 0.05) is 31.1 Å². The molecule has 1 fully saturated rings. The second-order valence-electron chi connectivity index (χ2n) is 6.44. The molecule has 0 radical (unpaired) electrons. The number of hydrogen-bond acceptors (Lipinski definition) is 2. The van der Waals surface area contributed by atoms with Crippen molar-refractivity contribution >= 4 is 28.5 Å². The van der Waals surface area contributed by atoms with E-state index in [9.17, 15) is 4.79 Å². The standard InChI is InChI=1S/C16H31IN2O/c1-13(2)16(20)19-12-14(3)18(11-15(19)4)10-8-6-5-7-9-17/h13-15H,5-12H2,1-4H3. The third kappa shape index (κ3) is 5.51. The molecule has 3 nitrogen and oxygen atoms in total. The number of halogens is 1. The maximum atomic E-state index is 12.2. The maximum absolute atomic E-state index is 12.2. The lowest BCUT2D eigenvalue weighted by atomic mass is 10.0. The molecule has 0 aromatic carbocycles. The Bertz CT molecular complexity index is 296. The van der Waals surface area contributed by atoms with Crippen LogP contribution >= 0.6 is 22.6 Å². The van der Waals surface area contributed by atoms with Crippen LogP contribution in [0.2, 0.25) is 0 Å². The number of rotatable bonds is 7. The second-order valence-corrected chi connectivity index (χ2v) is 7.52. The van der Waals surface area contributed by atoms with Gasteiger partial charge in [-0.1, -0.05) is 49.3 Å². The van der Waals surface area contributed by atoms with Gasteiger partial charge in [-0.15, -0.1) is 0 Å². The van der Waals surface area contributed by atoms with Crippen molar-refractivity contribution in [2.24, 2.45) is 5.92 Å². The summed E-state index contributed by atoms with van der Waals surface area (Å²) in [6.07, 6.45) is 5.35. The van der Waals surface area contributed by atoms with E-state index in [-0.39, 0.29) is 5.92 Å². The van der Waals surface area contributed by atoms with Crippen LogP contribution in [-0.2, 0) is 4.79 Å². The highest BCUT2D eigenvalue weighted by Crippen LogP contribution is 2.18. The van der Waals surface area contributed by atoms with Crippen molar-refractivity contribution in [3.8, 4) is 0 Å². The molecule has 0 aliphatic carbocycles. The zero-order chi connectivity index (χ0) is 15.1. The van der Waals surface area contributed by atoms with Crippen LogP contribution < -0.4 is 0 Å². The Labute approximate surface area is 138 Å². The lowest BCUT2D eigenvalue weighted by Gasteiger charge is -2.44. The minimum Gasteiger partial charge on any atom is -0.337 e. The van der Waals surface area contributed by atoms with E-state index >= 15 is 0 Å². The number of nitrogens with zero attached hydrogens (tertiary/aromatic N) is 2. The van der Waals surface area contributed by atoms with E-state index in [0.717, 1.165) is 13.1 Å². The first-order valence-electron chi connectivity index (χ1n) is 8.07. The second kappa shape index (κ2) is 9.23. The van der Waals surface area contributed by atoms with Crippen LogP contribution in [0.5, 0.6) is 0 Å². The van der Waals surface area contributed by atoms with E-state index in [1.54, 1.807) is 0 Å². The van der Waals surface area contributed by atoms with Crippen molar-refractivity contribution in [3.05, 3.63) is 0 Å². The zero-order valence-corrected chi connectivity index (χ0v) is 15.7. The summed E-state index contributed by atoms with van der Waals surface area (Å²) < 4.78 is 1.28. The largest absolute Gasteiger partial charge is 0.337 e. The molecule has 0 spiro atoms. The van der Waals surface area contributed by atoms with Gasteiger partial charge in [0.25, 0.3) is 0 Å². The third-order valence-electron chi connectivity index (χ3n) is 4.22. The number of carbonyl (C=O) groups is 1. The summed E-state index contributed by atoms with van der Waals surface area (Å²) in [7, 11) is 0. The average molecular weight is 394 g/mol. The predicted molar refractivity (Wildman–Crippen MR) is 94.4 cm³/mol. The van der Waals surface area contributed by atoms with Crippen LogP contribution in [0, 0.1) is 5.92 Å². The van der Waals surface area contributed by atoms with E-state index in [2.05, 4.69) is 46.2 Å². The van der Waals surface area contributed by atoms with Crippen molar-refractivity contribution in [2.75, 3.05) is 24.1 Å². The van der Waals surface area contributed by atoms with E-state index < -0.39 is 0 Å². The van der Waals surface area contributed by atoms with Gasteiger partial charge in [0.1, 0.15) is 0 Å². The monoisotopic (exact) mass is 394 g/mol. The van der Waals surface area contributed by atoms with E-state index in [4.69, 9.17) is 0 Å². The summed E-state index contributed by atoms with van der Waals surface area (Å²) in [6.45, 7) is 11.6.